The fourth-order valence-corrected chi connectivity index (χ4v) is 2.85. The van der Waals surface area contributed by atoms with Crippen molar-refractivity contribution in [2.45, 2.75) is 19.8 Å². The van der Waals surface area contributed by atoms with Gasteiger partial charge in [0.25, 0.3) is 0 Å². The van der Waals surface area contributed by atoms with Gasteiger partial charge in [0.15, 0.2) is 0 Å². The lowest BCUT2D eigenvalue weighted by molar-refractivity contribution is 0.253. The maximum atomic E-state index is 12.1. The van der Waals surface area contributed by atoms with Crippen LogP contribution in [0, 0.1) is 0 Å². The van der Waals surface area contributed by atoms with E-state index in [1.807, 2.05) is 37.3 Å². The van der Waals surface area contributed by atoms with Gasteiger partial charge in [0.1, 0.15) is 0 Å². The Morgan fingerprint density at radius 3 is 2.47 bits per heavy atom. The van der Waals surface area contributed by atoms with E-state index < -0.39 is 10.0 Å². The van der Waals surface area contributed by atoms with E-state index in [1.165, 1.54) is 9.71 Å². The van der Waals surface area contributed by atoms with E-state index in [0.29, 0.717) is 6.54 Å². The minimum Gasteiger partial charge on any atom is -0.395 e. The number of nitrogens with zero attached hydrogens (tertiary/aromatic N) is 1. The van der Waals surface area contributed by atoms with Crippen LogP contribution in [0.25, 0.3) is 6.08 Å². The molecule has 106 valence electrons. The number of sulfonamides is 1. The lowest BCUT2D eigenvalue weighted by Crippen LogP contribution is -2.32. The summed E-state index contributed by atoms with van der Waals surface area (Å²) >= 11 is 0. The molecule has 4 nitrogen and oxygen atoms in total. The SMILES string of the molecule is CCCCN(CCO)S(=O)(=O)C=Cc1ccccc1. The second-order valence-electron chi connectivity index (χ2n) is 4.23. The highest BCUT2D eigenvalue weighted by Crippen LogP contribution is 2.09. The van der Waals surface area contributed by atoms with E-state index in [0.717, 1.165) is 18.4 Å². The summed E-state index contributed by atoms with van der Waals surface area (Å²) in [6, 6.07) is 9.28. The predicted molar refractivity (Wildman–Crippen MR) is 78.0 cm³/mol. The van der Waals surface area contributed by atoms with E-state index >= 15 is 0 Å². The molecular weight excluding hydrogens is 262 g/mol. The zero-order valence-corrected chi connectivity index (χ0v) is 12.0. The Morgan fingerprint density at radius 1 is 1.21 bits per heavy atom. The van der Waals surface area contributed by atoms with E-state index in [9.17, 15) is 8.42 Å². The van der Waals surface area contributed by atoms with Crippen molar-refractivity contribution in [1.82, 2.24) is 4.31 Å². The number of aliphatic hydroxyl groups excluding tert-OH is 1. The van der Waals surface area contributed by atoms with Crippen LogP contribution >= 0.6 is 0 Å². The molecule has 1 aromatic rings. The van der Waals surface area contributed by atoms with Crippen molar-refractivity contribution < 1.29 is 13.5 Å². The van der Waals surface area contributed by atoms with Crippen molar-refractivity contribution in [2.24, 2.45) is 0 Å². The van der Waals surface area contributed by atoms with Crippen molar-refractivity contribution in [3.05, 3.63) is 41.3 Å². The molecule has 0 aliphatic carbocycles. The normalized spacial score (nSPS) is 12.4. The van der Waals surface area contributed by atoms with Gasteiger partial charge in [-0.1, -0.05) is 43.7 Å². The third kappa shape index (κ3) is 5.55. The molecule has 0 saturated carbocycles. The molecule has 0 radical (unpaired) electrons. The fourth-order valence-electron chi connectivity index (χ4n) is 1.63. The van der Waals surface area contributed by atoms with Gasteiger partial charge in [-0.3, -0.25) is 0 Å². The zero-order chi connectivity index (χ0) is 14.1. The summed E-state index contributed by atoms with van der Waals surface area (Å²) < 4.78 is 25.6. The lowest BCUT2D eigenvalue weighted by atomic mass is 10.2. The molecule has 0 aliphatic heterocycles. The quantitative estimate of drug-likeness (QED) is 0.794. The minimum absolute atomic E-state index is 0.140. The predicted octanol–water partition coefficient (Wildman–Crippen LogP) is 2.08. The molecule has 0 amide bonds. The Kier molecular flexibility index (Phi) is 6.77. The summed E-state index contributed by atoms with van der Waals surface area (Å²) in [5.74, 6) is 0. The number of aliphatic hydroxyl groups is 1. The van der Waals surface area contributed by atoms with E-state index in [4.69, 9.17) is 5.11 Å². The molecule has 0 fully saturated rings. The van der Waals surface area contributed by atoms with Crippen LogP contribution < -0.4 is 0 Å². The highest BCUT2D eigenvalue weighted by Gasteiger charge is 2.17. The van der Waals surface area contributed by atoms with Gasteiger partial charge in [-0.15, -0.1) is 0 Å². The summed E-state index contributed by atoms with van der Waals surface area (Å²) in [4.78, 5) is 0. The minimum atomic E-state index is -3.46. The van der Waals surface area contributed by atoms with Crippen LogP contribution in [-0.2, 0) is 10.0 Å². The van der Waals surface area contributed by atoms with Gasteiger partial charge >= 0.3 is 0 Å². The van der Waals surface area contributed by atoms with Crippen LogP contribution in [0.3, 0.4) is 0 Å². The molecule has 1 aromatic carbocycles. The van der Waals surface area contributed by atoms with Gasteiger partial charge in [0.2, 0.25) is 10.0 Å². The van der Waals surface area contributed by atoms with Gasteiger partial charge < -0.3 is 5.11 Å². The van der Waals surface area contributed by atoms with Crippen LogP contribution in [0.4, 0.5) is 0 Å². The number of benzene rings is 1. The van der Waals surface area contributed by atoms with E-state index in [-0.39, 0.29) is 13.2 Å². The molecule has 0 saturated heterocycles. The third-order valence-electron chi connectivity index (χ3n) is 2.70. The summed E-state index contributed by atoms with van der Waals surface area (Å²) in [6.45, 7) is 2.42. The zero-order valence-electron chi connectivity index (χ0n) is 11.2. The summed E-state index contributed by atoms with van der Waals surface area (Å²) in [6.07, 6.45) is 3.28. The topological polar surface area (TPSA) is 57.6 Å². The van der Waals surface area contributed by atoms with Crippen molar-refractivity contribution in [2.75, 3.05) is 19.7 Å². The van der Waals surface area contributed by atoms with Gasteiger partial charge in [-0.2, -0.15) is 4.31 Å². The number of unbranched alkanes of at least 4 members (excludes halogenated alkanes) is 1. The molecule has 0 spiro atoms. The van der Waals surface area contributed by atoms with Crippen LogP contribution in [0.5, 0.6) is 0 Å². The smallest absolute Gasteiger partial charge is 0.236 e. The van der Waals surface area contributed by atoms with Gasteiger partial charge in [0, 0.05) is 18.5 Å². The van der Waals surface area contributed by atoms with Gasteiger partial charge in [-0.05, 0) is 18.1 Å². The Bertz CT molecular complexity index is 483. The van der Waals surface area contributed by atoms with Crippen LogP contribution in [0.2, 0.25) is 0 Å². The van der Waals surface area contributed by atoms with Gasteiger partial charge in [-0.25, -0.2) is 8.42 Å². The Balaban J connectivity index is 2.79. The first-order valence-corrected chi connectivity index (χ1v) is 7.94. The van der Waals surface area contributed by atoms with E-state index in [2.05, 4.69) is 0 Å². The first kappa shape index (κ1) is 15.9. The average molecular weight is 283 g/mol. The highest BCUT2D eigenvalue weighted by molar-refractivity contribution is 7.92. The average Bonchev–Trinajstić information content (AvgIpc) is 2.42. The van der Waals surface area contributed by atoms with Crippen molar-refractivity contribution in [3.63, 3.8) is 0 Å². The second kappa shape index (κ2) is 8.09. The fraction of sp³-hybridized carbons (Fsp3) is 0.429. The molecule has 0 bridgehead atoms. The Morgan fingerprint density at radius 2 is 1.89 bits per heavy atom. The molecule has 19 heavy (non-hydrogen) atoms. The number of hydrogen-bond acceptors (Lipinski definition) is 3. The van der Waals surface area contributed by atoms with E-state index in [1.54, 1.807) is 6.08 Å². The molecule has 0 heterocycles. The first-order chi connectivity index (χ1) is 9.10. The molecular formula is C14H21NO3S. The van der Waals surface area contributed by atoms with Gasteiger partial charge in [0.05, 0.1) is 6.61 Å². The highest BCUT2D eigenvalue weighted by atomic mass is 32.2. The third-order valence-corrected chi connectivity index (χ3v) is 4.27. The standard InChI is InChI=1S/C14H21NO3S/c1-2-3-10-15(11-12-16)19(17,18)13-9-14-7-5-4-6-8-14/h4-9,13,16H,2-3,10-12H2,1H3. The van der Waals surface area contributed by atoms with Crippen LogP contribution in [0.15, 0.2) is 35.7 Å². The van der Waals surface area contributed by atoms with Crippen molar-refractivity contribution in [3.8, 4) is 0 Å². The Hall–Kier alpha value is -1.17. The number of hydrogen-bond donors (Lipinski definition) is 1. The largest absolute Gasteiger partial charge is 0.395 e. The maximum absolute atomic E-state index is 12.1. The molecule has 0 aliphatic rings. The first-order valence-electron chi connectivity index (χ1n) is 6.44. The summed E-state index contributed by atoms with van der Waals surface area (Å²) in [5.41, 5.74) is 0.838. The lowest BCUT2D eigenvalue weighted by Gasteiger charge is -2.18. The second-order valence-corrected chi connectivity index (χ2v) is 6.05. The summed E-state index contributed by atoms with van der Waals surface area (Å²) in [7, 11) is -3.46. The van der Waals surface area contributed by atoms with Crippen LogP contribution in [-0.4, -0.2) is 37.5 Å². The maximum Gasteiger partial charge on any atom is 0.236 e. The number of rotatable bonds is 8. The molecule has 5 heteroatoms. The molecule has 0 aromatic heterocycles. The Labute approximate surface area is 115 Å². The van der Waals surface area contributed by atoms with Crippen LogP contribution in [0.1, 0.15) is 25.3 Å². The monoisotopic (exact) mass is 283 g/mol. The summed E-state index contributed by atoms with van der Waals surface area (Å²) in [5, 5.41) is 10.2. The van der Waals surface area contributed by atoms with Crippen molar-refractivity contribution in [1.29, 1.82) is 0 Å². The molecule has 1 N–H and O–H groups in total. The molecule has 0 unspecified atom stereocenters. The molecule has 0 atom stereocenters. The van der Waals surface area contributed by atoms with Crippen molar-refractivity contribution >= 4 is 16.1 Å². The molecule has 1 rings (SSSR count).